The molecule has 0 heterocycles. The van der Waals surface area contributed by atoms with E-state index in [2.05, 4.69) is 0 Å². The molecule has 0 bridgehead atoms. The Morgan fingerprint density at radius 3 is 1.80 bits per heavy atom. The summed E-state index contributed by atoms with van der Waals surface area (Å²) in [5.74, 6) is 4.85. The van der Waals surface area contributed by atoms with Crippen molar-refractivity contribution in [2.45, 2.75) is 38.5 Å². The molecule has 3 aliphatic rings. The molecule has 0 aromatic carbocycles. The van der Waals surface area contributed by atoms with E-state index in [0.717, 1.165) is 0 Å². The molecule has 10 heavy (non-hydrogen) atoms. The molecule has 3 aliphatic carbocycles. The van der Waals surface area contributed by atoms with Crippen LogP contribution >= 0.6 is 0 Å². The van der Waals surface area contributed by atoms with Gasteiger partial charge in [0, 0.05) is 0 Å². The maximum absolute atomic E-state index is 1.61. The van der Waals surface area contributed by atoms with Gasteiger partial charge in [0.25, 0.3) is 0 Å². The molecule has 0 radical (unpaired) electrons. The summed E-state index contributed by atoms with van der Waals surface area (Å²) in [6.07, 6.45) is 9.48. The van der Waals surface area contributed by atoms with Crippen LogP contribution in [0.3, 0.4) is 0 Å². The summed E-state index contributed by atoms with van der Waals surface area (Å²) in [6, 6.07) is 0. The van der Waals surface area contributed by atoms with Gasteiger partial charge in [-0.25, -0.2) is 0 Å². The fraction of sp³-hybridized carbons (Fsp3) is 1.00. The largest absolute Gasteiger partial charge is 0.0530 e. The highest BCUT2D eigenvalue weighted by Gasteiger charge is 2.53. The zero-order chi connectivity index (χ0) is 6.55. The fourth-order valence-corrected chi connectivity index (χ4v) is 3.70. The fourth-order valence-electron chi connectivity index (χ4n) is 3.70. The van der Waals surface area contributed by atoms with Crippen LogP contribution in [0.5, 0.6) is 0 Å². The highest BCUT2D eigenvalue weighted by molar-refractivity contribution is 5.02. The third-order valence-corrected chi connectivity index (χ3v) is 4.24. The zero-order valence-electron chi connectivity index (χ0n) is 6.55. The molecule has 56 valence electrons. The molecule has 2 atom stereocenters. The second kappa shape index (κ2) is 1.78. The third kappa shape index (κ3) is 0.538. The van der Waals surface area contributed by atoms with E-state index in [1.54, 1.807) is 38.5 Å². The van der Waals surface area contributed by atoms with Crippen molar-refractivity contribution in [2.75, 3.05) is 0 Å². The lowest BCUT2D eigenvalue weighted by molar-refractivity contribution is -0.0854. The zero-order valence-corrected chi connectivity index (χ0v) is 6.55. The molecule has 3 saturated carbocycles. The van der Waals surface area contributed by atoms with Crippen LogP contribution in [0, 0.1) is 23.7 Å². The summed E-state index contributed by atoms with van der Waals surface area (Å²) < 4.78 is 0. The monoisotopic (exact) mass is 136 g/mol. The highest BCUT2D eigenvalue weighted by atomic mass is 14.6. The quantitative estimate of drug-likeness (QED) is 0.480. The third-order valence-electron chi connectivity index (χ3n) is 4.24. The minimum Gasteiger partial charge on any atom is -0.0530 e. The first-order valence-electron chi connectivity index (χ1n) is 4.95. The van der Waals surface area contributed by atoms with Crippen molar-refractivity contribution in [2.24, 2.45) is 23.7 Å². The van der Waals surface area contributed by atoms with Crippen LogP contribution < -0.4 is 0 Å². The Labute approximate surface area is 63.0 Å². The standard InChI is InChI=1S/C10H16/c1-2-4-8-6-9-5-7(3-1)10(8)9/h7-10H,1-6H2. The summed E-state index contributed by atoms with van der Waals surface area (Å²) in [5.41, 5.74) is 0. The molecule has 0 aromatic rings. The Morgan fingerprint density at radius 1 is 0.700 bits per heavy atom. The van der Waals surface area contributed by atoms with Crippen LogP contribution in [-0.4, -0.2) is 0 Å². The van der Waals surface area contributed by atoms with Gasteiger partial charge >= 0.3 is 0 Å². The summed E-state index contributed by atoms with van der Waals surface area (Å²) >= 11 is 0. The molecule has 0 nitrogen and oxygen atoms in total. The average molecular weight is 136 g/mol. The number of rotatable bonds is 0. The van der Waals surface area contributed by atoms with Crippen molar-refractivity contribution < 1.29 is 0 Å². The summed E-state index contributed by atoms with van der Waals surface area (Å²) in [5, 5.41) is 0. The predicted octanol–water partition coefficient (Wildman–Crippen LogP) is 2.83. The average Bonchev–Trinajstić information content (AvgIpc) is 2.04. The van der Waals surface area contributed by atoms with Crippen LogP contribution in [0.15, 0.2) is 0 Å². The lowest BCUT2D eigenvalue weighted by Crippen LogP contribution is -2.50. The van der Waals surface area contributed by atoms with Gasteiger partial charge in [0.1, 0.15) is 0 Å². The Balaban J connectivity index is 1.79. The van der Waals surface area contributed by atoms with Crippen molar-refractivity contribution in [1.29, 1.82) is 0 Å². The first-order chi connectivity index (χ1) is 4.95. The van der Waals surface area contributed by atoms with E-state index in [-0.39, 0.29) is 0 Å². The molecule has 0 aliphatic heterocycles. The molecular formula is C10H16. The second-order valence-corrected chi connectivity index (χ2v) is 4.61. The summed E-state index contributed by atoms with van der Waals surface area (Å²) in [6.45, 7) is 0. The van der Waals surface area contributed by atoms with E-state index < -0.39 is 0 Å². The molecule has 0 amide bonds. The van der Waals surface area contributed by atoms with Crippen LogP contribution in [0.4, 0.5) is 0 Å². The molecule has 3 rings (SSSR count). The van der Waals surface area contributed by atoms with Gasteiger partial charge in [0.05, 0.1) is 0 Å². The van der Waals surface area contributed by atoms with Gasteiger partial charge in [-0.15, -0.1) is 0 Å². The van der Waals surface area contributed by atoms with Gasteiger partial charge < -0.3 is 0 Å². The van der Waals surface area contributed by atoms with Crippen molar-refractivity contribution in [3.8, 4) is 0 Å². The molecule has 2 unspecified atom stereocenters. The molecular weight excluding hydrogens is 120 g/mol. The first kappa shape index (κ1) is 5.62. The predicted molar refractivity (Wildman–Crippen MR) is 41.7 cm³/mol. The van der Waals surface area contributed by atoms with Gasteiger partial charge in [-0.1, -0.05) is 25.7 Å². The summed E-state index contributed by atoms with van der Waals surface area (Å²) in [7, 11) is 0. The normalized spacial score (nSPS) is 57.6. The number of hydrogen-bond donors (Lipinski definition) is 0. The van der Waals surface area contributed by atoms with Gasteiger partial charge in [-0.05, 0) is 36.5 Å². The van der Waals surface area contributed by atoms with E-state index in [1.165, 1.54) is 23.7 Å². The van der Waals surface area contributed by atoms with E-state index in [4.69, 9.17) is 0 Å². The maximum atomic E-state index is 1.61. The van der Waals surface area contributed by atoms with Crippen molar-refractivity contribution in [3.63, 3.8) is 0 Å². The minimum atomic E-state index is 1.20. The Kier molecular flexibility index (Phi) is 1.00. The first-order valence-corrected chi connectivity index (χ1v) is 4.95. The Hall–Kier alpha value is 0. The molecule has 0 saturated heterocycles. The van der Waals surface area contributed by atoms with E-state index >= 15 is 0 Å². The van der Waals surface area contributed by atoms with Gasteiger partial charge in [-0.3, -0.25) is 0 Å². The van der Waals surface area contributed by atoms with Crippen molar-refractivity contribution in [1.82, 2.24) is 0 Å². The van der Waals surface area contributed by atoms with Gasteiger partial charge in [-0.2, -0.15) is 0 Å². The van der Waals surface area contributed by atoms with Crippen LogP contribution in [-0.2, 0) is 0 Å². The summed E-state index contributed by atoms with van der Waals surface area (Å²) in [4.78, 5) is 0. The van der Waals surface area contributed by atoms with E-state index in [0.29, 0.717) is 0 Å². The minimum absolute atomic E-state index is 1.20. The van der Waals surface area contributed by atoms with Gasteiger partial charge in [0.15, 0.2) is 0 Å². The molecule has 3 fully saturated rings. The Bertz CT molecular complexity index is 134. The van der Waals surface area contributed by atoms with Crippen LogP contribution in [0.2, 0.25) is 0 Å². The Morgan fingerprint density at radius 2 is 1.30 bits per heavy atom. The lowest BCUT2D eigenvalue weighted by Gasteiger charge is -2.58. The molecule has 0 spiro atoms. The molecule has 0 aromatic heterocycles. The van der Waals surface area contributed by atoms with Crippen molar-refractivity contribution in [3.05, 3.63) is 0 Å². The smallest absolute Gasteiger partial charge is 0.0329 e. The van der Waals surface area contributed by atoms with E-state index in [9.17, 15) is 0 Å². The van der Waals surface area contributed by atoms with Gasteiger partial charge in [0.2, 0.25) is 0 Å². The molecule has 0 N–H and O–H groups in total. The van der Waals surface area contributed by atoms with Crippen LogP contribution in [0.1, 0.15) is 38.5 Å². The lowest BCUT2D eigenvalue weighted by atomic mass is 9.47. The van der Waals surface area contributed by atoms with Crippen LogP contribution in [0.25, 0.3) is 0 Å². The highest BCUT2D eigenvalue weighted by Crippen LogP contribution is 2.62. The van der Waals surface area contributed by atoms with Crippen molar-refractivity contribution >= 4 is 0 Å². The topological polar surface area (TPSA) is 0 Å². The SMILES string of the molecule is C1CCC2CC3CC(C1)C23. The number of hydrogen-bond acceptors (Lipinski definition) is 0. The molecule has 0 heteroatoms. The van der Waals surface area contributed by atoms with E-state index in [1.807, 2.05) is 0 Å². The second-order valence-electron chi connectivity index (χ2n) is 4.61. The maximum Gasteiger partial charge on any atom is -0.0329 e.